The summed E-state index contributed by atoms with van der Waals surface area (Å²) in [6, 6.07) is 6.75. The molecular formula is C14H20N2O. The van der Waals surface area contributed by atoms with E-state index in [1.807, 2.05) is 7.05 Å². The Morgan fingerprint density at radius 1 is 1.41 bits per heavy atom. The Hall–Kier alpha value is -1.51. The number of carbonyl (C=O) groups excluding carboxylic acids is 1. The number of nitrogens with one attached hydrogen (secondary N) is 1. The van der Waals surface area contributed by atoms with Crippen LogP contribution < -0.4 is 5.32 Å². The molecule has 0 aliphatic carbocycles. The second-order valence-corrected chi connectivity index (χ2v) is 5.08. The fraction of sp³-hybridized carbons (Fsp3) is 0.500. The van der Waals surface area contributed by atoms with Crippen molar-refractivity contribution < 1.29 is 4.79 Å². The second-order valence-electron chi connectivity index (χ2n) is 5.08. The average Bonchev–Trinajstić information content (AvgIpc) is 2.60. The van der Waals surface area contributed by atoms with Gasteiger partial charge in [0.15, 0.2) is 0 Å². The van der Waals surface area contributed by atoms with E-state index < -0.39 is 0 Å². The van der Waals surface area contributed by atoms with Crippen LogP contribution in [0.1, 0.15) is 42.5 Å². The van der Waals surface area contributed by atoms with Crippen LogP contribution >= 0.6 is 0 Å². The number of aryl methyl sites for hydroxylation is 1. The zero-order chi connectivity index (χ0) is 12.6. The molecule has 3 heteroatoms. The Morgan fingerprint density at radius 2 is 2.12 bits per heavy atom. The van der Waals surface area contributed by atoms with E-state index in [9.17, 15) is 4.79 Å². The lowest BCUT2D eigenvalue weighted by Gasteiger charge is -2.21. The van der Waals surface area contributed by atoms with Gasteiger partial charge in [-0.2, -0.15) is 0 Å². The Morgan fingerprint density at radius 3 is 2.65 bits per heavy atom. The van der Waals surface area contributed by atoms with Gasteiger partial charge in [0, 0.05) is 13.6 Å². The molecule has 2 rings (SSSR count). The highest BCUT2D eigenvalue weighted by molar-refractivity contribution is 5.77. The van der Waals surface area contributed by atoms with E-state index >= 15 is 0 Å². The summed E-state index contributed by atoms with van der Waals surface area (Å²) in [5, 5.41) is 2.88. The monoisotopic (exact) mass is 232 g/mol. The van der Waals surface area contributed by atoms with E-state index in [0.717, 1.165) is 0 Å². The minimum atomic E-state index is 0.0179. The van der Waals surface area contributed by atoms with Gasteiger partial charge in [-0.25, -0.2) is 4.79 Å². The molecule has 1 saturated heterocycles. The molecule has 0 spiro atoms. The van der Waals surface area contributed by atoms with Gasteiger partial charge < -0.3 is 10.2 Å². The number of carbonyl (C=O) groups is 1. The van der Waals surface area contributed by atoms with Gasteiger partial charge in [-0.15, -0.1) is 0 Å². The summed E-state index contributed by atoms with van der Waals surface area (Å²) in [6.07, 6.45) is 0. The molecule has 1 aromatic carbocycles. The number of likely N-dealkylation sites (N-methyl/N-ethyl adjacent to an activating group) is 1. The number of amides is 2. The second kappa shape index (κ2) is 4.40. The summed E-state index contributed by atoms with van der Waals surface area (Å²) in [4.78, 5) is 13.3. The maximum absolute atomic E-state index is 11.5. The highest BCUT2D eigenvalue weighted by Gasteiger charge is 2.29. The number of nitrogens with zero attached hydrogens (tertiary/aromatic N) is 1. The highest BCUT2D eigenvalue weighted by Crippen LogP contribution is 2.28. The van der Waals surface area contributed by atoms with Gasteiger partial charge >= 0.3 is 6.03 Å². The fourth-order valence-electron chi connectivity index (χ4n) is 2.28. The lowest BCUT2D eigenvalue weighted by Crippen LogP contribution is -2.25. The molecular weight excluding hydrogens is 212 g/mol. The molecule has 1 aliphatic rings. The number of benzene rings is 1. The first-order chi connectivity index (χ1) is 8.00. The zero-order valence-electron chi connectivity index (χ0n) is 10.9. The van der Waals surface area contributed by atoms with E-state index in [1.54, 1.807) is 4.90 Å². The van der Waals surface area contributed by atoms with Crippen LogP contribution in [0.5, 0.6) is 0 Å². The molecule has 1 atom stereocenters. The Balaban J connectivity index is 2.37. The van der Waals surface area contributed by atoms with E-state index in [-0.39, 0.29) is 12.1 Å². The molecule has 1 aliphatic heterocycles. The third-order valence-electron chi connectivity index (χ3n) is 3.56. The van der Waals surface area contributed by atoms with Crippen LogP contribution in [-0.2, 0) is 0 Å². The molecule has 1 aromatic rings. The van der Waals surface area contributed by atoms with E-state index in [2.05, 4.69) is 44.3 Å². The summed E-state index contributed by atoms with van der Waals surface area (Å²) in [6.45, 7) is 7.19. The predicted octanol–water partition coefficient (Wildman–Crippen LogP) is 2.81. The van der Waals surface area contributed by atoms with Gasteiger partial charge in [0.1, 0.15) is 0 Å². The summed E-state index contributed by atoms with van der Waals surface area (Å²) >= 11 is 0. The quantitative estimate of drug-likeness (QED) is 0.835. The number of urea groups is 1. The first-order valence-corrected chi connectivity index (χ1v) is 6.12. The van der Waals surface area contributed by atoms with Gasteiger partial charge in [0.2, 0.25) is 0 Å². The summed E-state index contributed by atoms with van der Waals surface area (Å²) in [5.74, 6) is 0.518. The smallest absolute Gasteiger partial charge is 0.317 e. The summed E-state index contributed by atoms with van der Waals surface area (Å²) < 4.78 is 0. The molecule has 0 radical (unpaired) electrons. The molecule has 1 N–H and O–H groups in total. The molecule has 2 amide bonds. The molecule has 92 valence electrons. The van der Waals surface area contributed by atoms with Crippen LogP contribution in [0, 0.1) is 6.92 Å². The molecule has 17 heavy (non-hydrogen) atoms. The molecule has 0 saturated carbocycles. The predicted molar refractivity (Wildman–Crippen MR) is 69.2 cm³/mol. The van der Waals surface area contributed by atoms with Crippen LogP contribution in [0.25, 0.3) is 0 Å². The van der Waals surface area contributed by atoms with Crippen LogP contribution in [-0.4, -0.2) is 24.5 Å². The third-order valence-corrected chi connectivity index (χ3v) is 3.56. The van der Waals surface area contributed by atoms with Gasteiger partial charge in [0.25, 0.3) is 0 Å². The van der Waals surface area contributed by atoms with E-state index in [0.29, 0.717) is 12.5 Å². The fourth-order valence-corrected chi connectivity index (χ4v) is 2.28. The lowest BCUT2D eigenvalue weighted by molar-refractivity contribution is 0.216. The van der Waals surface area contributed by atoms with Gasteiger partial charge in [-0.3, -0.25) is 0 Å². The van der Waals surface area contributed by atoms with Crippen LogP contribution in [0.4, 0.5) is 4.79 Å². The Labute approximate surface area is 103 Å². The highest BCUT2D eigenvalue weighted by atomic mass is 16.2. The summed E-state index contributed by atoms with van der Waals surface area (Å²) in [5.41, 5.74) is 3.85. The van der Waals surface area contributed by atoms with Crippen molar-refractivity contribution in [3.63, 3.8) is 0 Å². The van der Waals surface area contributed by atoms with Crippen molar-refractivity contribution in [3.8, 4) is 0 Å². The first kappa shape index (κ1) is 12.0. The minimum absolute atomic E-state index is 0.0179. The minimum Gasteiger partial charge on any atom is -0.336 e. The van der Waals surface area contributed by atoms with Crippen LogP contribution in [0.3, 0.4) is 0 Å². The van der Waals surface area contributed by atoms with Crippen molar-refractivity contribution in [1.82, 2.24) is 10.2 Å². The Kier molecular flexibility index (Phi) is 3.09. The Bertz CT molecular complexity index is 440. The number of hydrogen-bond acceptors (Lipinski definition) is 1. The topological polar surface area (TPSA) is 32.3 Å². The SMILES string of the molecule is Cc1ccc(C(C)C)cc1C1CNC(=O)N1C. The molecule has 1 unspecified atom stereocenters. The maximum Gasteiger partial charge on any atom is 0.317 e. The number of hydrogen-bond donors (Lipinski definition) is 1. The molecule has 1 heterocycles. The van der Waals surface area contributed by atoms with Crippen molar-refractivity contribution in [1.29, 1.82) is 0 Å². The van der Waals surface area contributed by atoms with Crippen molar-refractivity contribution >= 4 is 6.03 Å². The molecule has 1 fully saturated rings. The number of rotatable bonds is 2. The standard InChI is InChI=1S/C14H20N2O/c1-9(2)11-6-5-10(3)12(7-11)13-8-15-14(17)16(13)4/h5-7,9,13H,8H2,1-4H3,(H,15,17). The lowest BCUT2D eigenvalue weighted by atomic mass is 9.94. The van der Waals surface area contributed by atoms with E-state index in [1.165, 1.54) is 16.7 Å². The van der Waals surface area contributed by atoms with Gasteiger partial charge in [-0.05, 0) is 29.5 Å². The largest absolute Gasteiger partial charge is 0.336 e. The van der Waals surface area contributed by atoms with E-state index in [4.69, 9.17) is 0 Å². The first-order valence-electron chi connectivity index (χ1n) is 6.12. The average molecular weight is 232 g/mol. The molecule has 0 aromatic heterocycles. The normalized spacial score (nSPS) is 19.9. The summed E-state index contributed by atoms with van der Waals surface area (Å²) in [7, 11) is 1.86. The molecule has 3 nitrogen and oxygen atoms in total. The van der Waals surface area contributed by atoms with Crippen molar-refractivity contribution in [2.75, 3.05) is 13.6 Å². The van der Waals surface area contributed by atoms with Crippen LogP contribution in [0.15, 0.2) is 18.2 Å². The van der Waals surface area contributed by atoms with Crippen LogP contribution in [0.2, 0.25) is 0 Å². The maximum atomic E-state index is 11.5. The third kappa shape index (κ3) is 2.14. The van der Waals surface area contributed by atoms with Crippen molar-refractivity contribution in [2.45, 2.75) is 32.7 Å². The molecule has 0 bridgehead atoms. The zero-order valence-corrected chi connectivity index (χ0v) is 10.9. The van der Waals surface area contributed by atoms with Gasteiger partial charge in [-0.1, -0.05) is 32.0 Å². The van der Waals surface area contributed by atoms with Gasteiger partial charge in [0.05, 0.1) is 6.04 Å². The van der Waals surface area contributed by atoms with Crippen molar-refractivity contribution in [2.24, 2.45) is 0 Å². The van der Waals surface area contributed by atoms with Crippen molar-refractivity contribution in [3.05, 3.63) is 34.9 Å².